The number of nitrogens with zero attached hydrogens (tertiary/aromatic N) is 2. The van der Waals surface area contributed by atoms with Crippen LogP contribution in [-0.4, -0.2) is 59.1 Å². The van der Waals surface area contributed by atoms with Crippen molar-refractivity contribution in [2.24, 2.45) is 0 Å². The molecule has 0 radical (unpaired) electrons. The number of aliphatic hydroxyl groups is 1. The highest BCUT2D eigenvalue weighted by Gasteiger charge is 2.41. The molecular weight excluding hydrogens is 344 g/mol. The Morgan fingerprint density at radius 3 is 2.48 bits per heavy atom. The van der Waals surface area contributed by atoms with E-state index in [1.165, 1.54) is 6.42 Å². The van der Waals surface area contributed by atoms with Gasteiger partial charge in [0, 0.05) is 6.04 Å². The highest BCUT2D eigenvalue weighted by atomic mass is 16.5. The summed E-state index contributed by atoms with van der Waals surface area (Å²) in [6.07, 6.45) is 3.51. The van der Waals surface area contributed by atoms with Gasteiger partial charge in [-0.1, -0.05) is 36.8 Å². The van der Waals surface area contributed by atoms with E-state index >= 15 is 0 Å². The second kappa shape index (κ2) is 8.57. The lowest BCUT2D eigenvalue weighted by atomic mass is 9.95. The van der Waals surface area contributed by atoms with Gasteiger partial charge in [-0.2, -0.15) is 0 Å². The van der Waals surface area contributed by atoms with Crippen molar-refractivity contribution < 1.29 is 19.4 Å². The van der Waals surface area contributed by atoms with E-state index in [1.54, 1.807) is 11.8 Å². The van der Waals surface area contributed by atoms with E-state index in [2.05, 4.69) is 17.0 Å². The molecule has 1 saturated heterocycles. The molecule has 0 aliphatic carbocycles. The lowest BCUT2D eigenvalue weighted by Gasteiger charge is -2.41. The van der Waals surface area contributed by atoms with Crippen LogP contribution in [0, 0.1) is 0 Å². The van der Waals surface area contributed by atoms with Gasteiger partial charge in [-0.05, 0) is 45.3 Å². The zero-order valence-electron chi connectivity index (χ0n) is 16.1. The number of amides is 1. The van der Waals surface area contributed by atoms with Crippen LogP contribution in [0.2, 0.25) is 0 Å². The first kappa shape index (κ1) is 19.4. The van der Waals surface area contributed by atoms with E-state index in [-0.39, 0.29) is 30.8 Å². The lowest BCUT2D eigenvalue weighted by Crippen LogP contribution is -2.47. The quantitative estimate of drug-likeness (QED) is 0.778. The SMILES string of the molecule is CCOC(=O)C1=C(O)C(=O)N(C(C)C(c2ccccc2)N2CCCCC2)C1. The molecule has 2 unspecified atom stereocenters. The van der Waals surface area contributed by atoms with Crippen molar-refractivity contribution in [2.75, 3.05) is 26.2 Å². The third kappa shape index (κ3) is 4.00. The van der Waals surface area contributed by atoms with Crippen LogP contribution in [0.25, 0.3) is 0 Å². The summed E-state index contributed by atoms with van der Waals surface area (Å²) in [6, 6.07) is 9.98. The van der Waals surface area contributed by atoms with Gasteiger partial charge in [-0.25, -0.2) is 4.79 Å². The molecule has 1 aromatic carbocycles. The lowest BCUT2D eigenvalue weighted by molar-refractivity contribution is -0.138. The first-order chi connectivity index (χ1) is 13.0. The van der Waals surface area contributed by atoms with Crippen LogP contribution in [0.4, 0.5) is 0 Å². The molecule has 0 spiro atoms. The Balaban J connectivity index is 1.85. The van der Waals surface area contributed by atoms with Gasteiger partial charge in [0.25, 0.3) is 5.91 Å². The number of rotatable bonds is 6. The molecule has 0 bridgehead atoms. The predicted octanol–water partition coefficient (Wildman–Crippen LogP) is 2.82. The summed E-state index contributed by atoms with van der Waals surface area (Å²) in [5.41, 5.74) is 1.20. The first-order valence-electron chi connectivity index (χ1n) is 9.73. The number of hydrogen-bond donors (Lipinski definition) is 1. The van der Waals surface area contributed by atoms with Gasteiger partial charge in [0.2, 0.25) is 0 Å². The molecule has 27 heavy (non-hydrogen) atoms. The Bertz CT molecular complexity index is 710. The minimum absolute atomic E-state index is 0.0183. The molecule has 2 heterocycles. The molecule has 1 fully saturated rings. The molecule has 1 aromatic rings. The van der Waals surface area contributed by atoms with E-state index in [9.17, 15) is 14.7 Å². The largest absolute Gasteiger partial charge is 0.503 e. The number of ether oxygens (including phenoxy) is 1. The highest BCUT2D eigenvalue weighted by Crippen LogP contribution is 2.33. The standard InChI is InChI=1S/C21H28N2O4/c1-3-27-21(26)17-14-23(20(25)19(17)24)15(2)18(16-10-6-4-7-11-16)22-12-8-5-9-13-22/h4,6-7,10-11,15,18,24H,3,5,8-9,12-14H2,1-2H3. The average molecular weight is 372 g/mol. The van der Waals surface area contributed by atoms with Crippen LogP contribution in [0.15, 0.2) is 41.7 Å². The topological polar surface area (TPSA) is 70.1 Å². The summed E-state index contributed by atoms with van der Waals surface area (Å²) in [5, 5.41) is 10.2. The normalized spacial score (nSPS) is 20.7. The Morgan fingerprint density at radius 2 is 1.85 bits per heavy atom. The summed E-state index contributed by atoms with van der Waals surface area (Å²) in [5.74, 6) is -1.60. The van der Waals surface area contributed by atoms with E-state index in [0.29, 0.717) is 0 Å². The fraction of sp³-hybridized carbons (Fsp3) is 0.524. The number of aliphatic hydroxyl groups excluding tert-OH is 1. The van der Waals surface area contributed by atoms with Crippen LogP contribution in [0.1, 0.15) is 44.7 Å². The average Bonchev–Trinajstić information content (AvgIpc) is 2.99. The molecule has 2 aliphatic heterocycles. The molecule has 0 saturated carbocycles. The monoisotopic (exact) mass is 372 g/mol. The third-order valence-electron chi connectivity index (χ3n) is 5.47. The Morgan fingerprint density at radius 1 is 1.19 bits per heavy atom. The van der Waals surface area contributed by atoms with Crippen LogP contribution < -0.4 is 0 Å². The maximum absolute atomic E-state index is 12.7. The summed E-state index contributed by atoms with van der Waals surface area (Å²) in [7, 11) is 0. The number of benzene rings is 1. The third-order valence-corrected chi connectivity index (χ3v) is 5.47. The molecular formula is C21H28N2O4. The predicted molar refractivity (Wildman–Crippen MR) is 102 cm³/mol. The number of hydrogen-bond acceptors (Lipinski definition) is 5. The van der Waals surface area contributed by atoms with Crippen LogP contribution in [0.3, 0.4) is 0 Å². The minimum atomic E-state index is -0.618. The van der Waals surface area contributed by atoms with Gasteiger partial charge in [0.15, 0.2) is 5.76 Å². The summed E-state index contributed by atoms with van der Waals surface area (Å²) in [4.78, 5) is 28.8. The van der Waals surface area contributed by atoms with Gasteiger partial charge in [0.05, 0.1) is 19.2 Å². The second-order valence-corrected chi connectivity index (χ2v) is 7.17. The summed E-state index contributed by atoms with van der Waals surface area (Å²) < 4.78 is 4.99. The zero-order valence-corrected chi connectivity index (χ0v) is 16.1. The van der Waals surface area contributed by atoms with Crippen molar-refractivity contribution in [3.63, 3.8) is 0 Å². The van der Waals surface area contributed by atoms with Crippen molar-refractivity contribution in [3.05, 3.63) is 47.2 Å². The summed E-state index contributed by atoms with van der Waals surface area (Å²) >= 11 is 0. The molecule has 1 N–H and O–H groups in total. The van der Waals surface area contributed by atoms with Crippen molar-refractivity contribution in [3.8, 4) is 0 Å². The first-order valence-corrected chi connectivity index (χ1v) is 9.73. The molecule has 2 aliphatic rings. The molecule has 1 amide bonds. The highest BCUT2D eigenvalue weighted by molar-refractivity contribution is 6.05. The van der Waals surface area contributed by atoms with Crippen LogP contribution in [-0.2, 0) is 14.3 Å². The van der Waals surface area contributed by atoms with Crippen LogP contribution >= 0.6 is 0 Å². The molecule has 2 atom stereocenters. The number of carbonyl (C=O) groups is 2. The van der Waals surface area contributed by atoms with Crippen molar-refractivity contribution in [1.29, 1.82) is 0 Å². The minimum Gasteiger partial charge on any atom is -0.503 e. The summed E-state index contributed by atoms with van der Waals surface area (Å²) in [6.45, 7) is 5.95. The zero-order chi connectivity index (χ0) is 19.4. The fourth-order valence-corrected chi connectivity index (χ4v) is 4.10. The van der Waals surface area contributed by atoms with Crippen molar-refractivity contribution in [1.82, 2.24) is 9.80 Å². The van der Waals surface area contributed by atoms with Gasteiger partial charge < -0.3 is 14.7 Å². The van der Waals surface area contributed by atoms with Gasteiger partial charge in [-0.3, -0.25) is 9.69 Å². The maximum Gasteiger partial charge on any atom is 0.339 e. The Hall–Kier alpha value is -2.34. The molecule has 6 nitrogen and oxygen atoms in total. The fourth-order valence-electron chi connectivity index (χ4n) is 4.10. The van der Waals surface area contributed by atoms with E-state index in [4.69, 9.17) is 4.74 Å². The van der Waals surface area contributed by atoms with Gasteiger partial charge in [0.1, 0.15) is 5.57 Å². The van der Waals surface area contributed by atoms with E-state index in [0.717, 1.165) is 31.5 Å². The maximum atomic E-state index is 12.7. The molecule has 3 rings (SSSR count). The van der Waals surface area contributed by atoms with Crippen molar-refractivity contribution in [2.45, 2.75) is 45.2 Å². The van der Waals surface area contributed by atoms with Crippen molar-refractivity contribution >= 4 is 11.9 Å². The smallest absolute Gasteiger partial charge is 0.339 e. The van der Waals surface area contributed by atoms with Gasteiger partial charge in [-0.15, -0.1) is 0 Å². The van der Waals surface area contributed by atoms with Crippen LogP contribution in [0.5, 0.6) is 0 Å². The Labute approximate surface area is 160 Å². The number of carbonyl (C=O) groups excluding carboxylic acids is 2. The number of likely N-dealkylation sites (tertiary alicyclic amines) is 1. The van der Waals surface area contributed by atoms with E-state index in [1.807, 2.05) is 25.1 Å². The van der Waals surface area contributed by atoms with E-state index < -0.39 is 17.6 Å². The number of piperidine rings is 1. The molecule has 0 aromatic heterocycles. The second-order valence-electron chi connectivity index (χ2n) is 7.17. The molecule has 6 heteroatoms. The number of esters is 1. The van der Waals surface area contributed by atoms with Gasteiger partial charge >= 0.3 is 5.97 Å². The Kier molecular flexibility index (Phi) is 6.16. The molecule has 146 valence electrons.